The van der Waals surface area contributed by atoms with E-state index in [1.54, 1.807) is 6.08 Å². The summed E-state index contributed by atoms with van der Waals surface area (Å²) in [5.41, 5.74) is 0. The smallest absolute Gasteiger partial charge is 0.305 e. The largest absolute Gasteiger partial charge is 0.466 e. The van der Waals surface area contributed by atoms with Crippen LogP contribution in [0.5, 0.6) is 0 Å². The predicted molar refractivity (Wildman–Crippen MR) is 283 cm³/mol. The van der Waals surface area contributed by atoms with Gasteiger partial charge in [0.25, 0.3) is 0 Å². The van der Waals surface area contributed by atoms with E-state index in [1.807, 2.05) is 6.08 Å². The van der Waals surface area contributed by atoms with Crippen LogP contribution in [-0.2, 0) is 14.3 Å². The number of hydrogen-bond donors (Lipinski definition) is 3. The third-order valence-corrected chi connectivity index (χ3v) is 13.8. The predicted octanol–water partition coefficient (Wildman–Crippen LogP) is 18.1. The Kier molecular flexibility index (Phi) is 54.0. The van der Waals surface area contributed by atoms with E-state index in [1.165, 1.54) is 244 Å². The topological polar surface area (TPSA) is 95.9 Å². The standard InChI is InChI=1S/C59H115NO5/c1-3-5-7-9-11-13-15-17-18-19-20-21-22-23-24-28-31-35-39-43-47-51-57(62)56(55-61)60-58(63)52-48-44-40-36-32-29-25-26-30-34-38-42-46-50-54-65-59(64)53-49-45-41-37-33-27-16-14-12-10-8-6-4-2/h47,51,56-57,61-62H,3-46,48-50,52-55H2,1-2H3,(H,60,63)/b51-47+. The first kappa shape index (κ1) is 63.6. The molecule has 0 radical (unpaired) electrons. The minimum Gasteiger partial charge on any atom is -0.466 e. The van der Waals surface area contributed by atoms with Crippen LogP contribution in [0.15, 0.2) is 12.2 Å². The third kappa shape index (κ3) is 51.8. The maximum absolute atomic E-state index is 12.5. The number of ether oxygens (including phenoxy) is 1. The van der Waals surface area contributed by atoms with Gasteiger partial charge in [-0.15, -0.1) is 0 Å². The lowest BCUT2D eigenvalue weighted by Crippen LogP contribution is -2.45. The van der Waals surface area contributed by atoms with Crippen LogP contribution < -0.4 is 5.32 Å². The molecule has 3 N–H and O–H groups in total. The Morgan fingerprint density at radius 1 is 0.415 bits per heavy atom. The number of nitrogens with one attached hydrogen (secondary N) is 1. The fraction of sp³-hybridized carbons (Fsp3) is 0.932. The van der Waals surface area contributed by atoms with Crippen LogP contribution in [0.25, 0.3) is 0 Å². The van der Waals surface area contributed by atoms with Gasteiger partial charge in [-0.2, -0.15) is 0 Å². The first-order valence-electron chi connectivity index (χ1n) is 29.5. The molecule has 0 saturated heterocycles. The molecule has 1 amide bonds. The fourth-order valence-corrected chi connectivity index (χ4v) is 9.28. The van der Waals surface area contributed by atoms with Crippen LogP contribution in [0.2, 0.25) is 0 Å². The average molecular weight is 919 g/mol. The van der Waals surface area contributed by atoms with Crippen molar-refractivity contribution in [2.45, 2.75) is 341 Å². The highest BCUT2D eigenvalue weighted by atomic mass is 16.5. The van der Waals surface area contributed by atoms with E-state index in [2.05, 4.69) is 19.2 Å². The molecule has 0 aliphatic carbocycles. The quantitative estimate of drug-likeness (QED) is 0.0321. The van der Waals surface area contributed by atoms with Gasteiger partial charge in [-0.25, -0.2) is 0 Å². The third-order valence-electron chi connectivity index (χ3n) is 13.8. The van der Waals surface area contributed by atoms with Gasteiger partial charge in [0.2, 0.25) is 5.91 Å². The maximum atomic E-state index is 12.5. The lowest BCUT2D eigenvalue weighted by atomic mass is 10.0. The highest BCUT2D eigenvalue weighted by Gasteiger charge is 2.18. The number of carbonyl (C=O) groups excluding carboxylic acids is 2. The van der Waals surface area contributed by atoms with Crippen molar-refractivity contribution in [2.24, 2.45) is 0 Å². The van der Waals surface area contributed by atoms with Gasteiger partial charge >= 0.3 is 5.97 Å². The lowest BCUT2D eigenvalue weighted by Gasteiger charge is -2.20. The minimum absolute atomic E-state index is 0.00107. The molecule has 0 rings (SSSR count). The SMILES string of the molecule is CCCCCCCCCCCCCCCCCCCCC/C=C/C(O)C(CO)NC(=O)CCCCCCCCCCCCCCCCOC(=O)CCCCCCCCCCCCCCC. The molecule has 0 spiro atoms. The zero-order chi connectivity index (χ0) is 47.2. The Morgan fingerprint density at radius 2 is 0.708 bits per heavy atom. The monoisotopic (exact) mass is 918 g/mol. The van der Waals surface area contributed by atoms with E-state index in [9.17, 15) is 19.8 Å². The van der Waals surface area contributed by atoms with Crippen molar-refractivity contribution < 1.29 is 24.5 Å². The molecule has 0 aliphatic heterocycles. The number of rotatable bonds is 55. The summed E-state index contributed by atoms with van der Waals surface area (Å²) in [6.45, 7) is 4.91. The van der Waals surface area contributed by atoms with Crippen molar-refractivity contribution in [3.63, 3.8) is 0 Å². The van der Waals surface area contributed by atoms with Gasteiger partial charge < -0.3 is 20.3 Å². The Labute approximate surface area is 406 Å². The average Bonchev–Trinajstić information content (AvgIpc) is 3.31. The first-order valence-corrected chi connectivity index (χ1v) is 29.5. The molecule has 6 heteroatoms. The molecule has 0 fully saturated rings. The van der Waals surface area contributed by atoms with E-state index >= 15 is 0 Å². The Balaban J connectivity index is 3.47. The van der Waals surface area contributed by atoms with Gasteiger partial charge in [-0.1, -0.05) is 296 Å². The lowest BCUT2D eigenvalue weighted by molar-refractivity contribution is -0.143. The highest BCUT2D eigenvalue weighted by molar-refractivity contribution is 5.76. The van der Waals surface area contributed by atoms with Crippen LogP contribution in [0.4, 0.5) is 0 Å². The summed E-state index contributed by atoms with van der Waals surface area (Å²) in [6, 6.07) is -0.635. The van der Waals surface area contributed by atoms with Gasteiger partial charge in [0, 0.05) is 12.8 Å². The second-order valence-electron chi connectivity index (χ2n) is 20.3. The van der Waals surface area contributed by atoms with Crippen LogP contribution >= 0.6 is 0 Å². The van der Waals surface area contributed by atoms with Gasteiger partial charge in [0.05, 0.1) is 25.4 Å². The normalized spacial score (nSPS) is 12.6. The summed E-state index contributed by atoms with van der Waals surface area (Å²) < 4.78 is 5.47. The molecular formula is C59H115NO5. The van der Waals surface area contributed by atoms with Crippen molar-refractivity contribution in [3.05, 3.63) is 12.2 Å². The van der Waals surface area contributed by atoms with Crippen molar-refractivity contribution in [1.82, 2.24) is 5.32 Å². The van der Waals surface area contributed by atoms with Gasteiger partial charge in [-0.3, -0.25) is 9.59 Å². The van der Waals surface area contributed by atoms with Crippen molar-refractivity contribution in [2.75, 3.05) is 13.2 Å². The molecule has 0 aromatic rings. The number of hydrogen-bond acceptors (Lipinski definition) is 5. The molecule has 0 aromatic heterocycles. The minimum atomic E-state index is -0.851. The second-order valence-corrected chi connectivity index (χ2v) is 20.3. The molecule has 2 atom stereocenters. The molecular weight excluding hydrogens is 803 g/mol. The second kappa shape index (κ2) is 55.2. The summed E-state index contributed by atoms with van der Waals surface area (Å²) in [6.07, 6.45) is 65.2. The fourth-order valence-electron chi connectivity index (χ4n) is 9.28. The molecule has 2 unspecified atom stereocenters. The number of aliphatic hydroxyl groups is 2. The number of aliphatic hydroxyl groups excluding tert-OH is 2. The molecule has 0 aliphatic rings. The van der Waals surface area contributed by atoms with E-state index in [-0.39, 0.29) is 18.5 Å². The number of allylic oxidation sites excluding steroid dienone is 1. The summed E-state index contributed by atoms with van der Waals surface area (Å²) in [5, 5.41) is 23.2. The van der Waals surface area contributed by atoms with Crippen molar-refractivity contribution in [1.29, 1.82) is 0 Å². The zero-order valence-electron chi connectivity index (χ0n) is 44.0. The molecule has 6 nitrogen and oxygen atoms in total. The number of unbranched alkanes of at least 4 members (excludes halogenated alkanes) is 44. The zero-order valence-corrected chi connectivity index (χ0v) is 44.0. The van der Waals surface area contributed by atoms with Crippen LogP contribution in [0.3, 0.4) is 0 Å². The van der Waals surface area contributed by atoms with Gasteiger partial charge in [0.15, 0.2) is 0 Å². The van der Waals surface area contributed by atoms with E-state index in [0.29, 0.717) is 19.4 Å². The molecule has 0 bridgehead atoms. The van der Waals surface area contributed by atoms with Crippen LogP contribution in [0, 0.1) is 0 Å². The van der Waals surface area contributed by atoms with Gasteiger partial charge in [0.1, 0.15) is 0 Å². The summed E-state index contributed by atoms with van der Waals surface area (Å²) in [4.78, 5) is 24.5. The van der Waals surface area contributed by atoms with E-state index in [4.69, 9.17) is 4.74 Å². The van der Waals surface area contributed by atoms with Crippen molar-refractivity contribution >= 4 is 11.9 Å². The van der Waals surface area contributed by atoms with E-state index in [0.717, 1.165) is 57.8 Å². The summed E-state index contributed by atoms with van der Waals surface area (Å²) >= 11 is 0. The van der Waals surface area contributed by atoms with Crippen molar-refractivity contribution in [3.8, 4) is 0 Å². The molecule has 0 saturated carbocycles. The van der Waals surface area contributed by atoms with E-state index < -0.39 is 12.1 Å². The van der Waals surface area contributed by atoms with Crippen LogP contribution in [0.1, 0.15) is 328 Å². The molecule has 65 heavy (non-hydrogen) atoms. The number of esters is 1. The number of carbonyl (C=O) groups is 2. The van der Waals surface area contributed by atoms with Gasteiger partial charge in [-0.05, 0) is 32.1 Å². The molecule has 0 heterocycles. The number of amides is 1. The Hall–Kier alpha value is -1.40. The maximum Gasteiger partial charge on any atom is 0.305 e. The van der Waals surface area contributed by atoms with Crippen LogP contribution in [-0.4, -0.2) is 47.4 Å². The molecule has 386 valence electrons. The summed E-state index contributed by atoms with van der Waals surface area (Å²) in [5.74, 6) is -0.0759. The summed E-state index contributed by atoms with van der Waals surface area (Å²) in [7, 11) is 0. The Morgan fingerprint density at radius 3 is 1.05 bits per heavy atom. The molecule has 0 aromatic carbocycles. The highest BCUT2D eigenvalue weighted by Crippen LogP contribution is 2.17. The first-order chi connectivity index (χ1) is 32.0. The Bertz CT molecular complexity index is 970.